The van der Waals surface area contributed by atoms with Gasteiger partial charge in [0.15, 0.2) is 0 Å². The van der Waals surface area contributed by atoms with E-state index < -0.39 is 10.0 Å². The Labute approximate surface area is 77.2 Å². The first-order valence-electron chi connectivity index (χ1n) is 3.77. The van der Waals surface area contributed by atoms with Crippen molar-refractivity contribution in [3.05, 3.63) is 17.9 Å². The van der Waals surface area contributed by atoms with E-state index in [-0.39, 0.29) is 5.09 Å². The number of nitrogens with one attached hydrogen (secondary N) is 2. The van der Waals surface area contributed by atoms with Crippen molar-refractivity contribution in [1.82, 2.24) is 10.0 Å². The Morgan fingerprint density at radius 1 is 1.38 bits per heavy atom. The molecule has 0 aromatic carbocycles. The summed E-state index contributed by atoms with van der Waals surface area (Å²) in [7, 11) is -0.339. The molecule has 0 fully saturated rings. The Hall–Kier alpha value is -0.850. The van der Waals surface area contributed by atoms with Gasteiger partial charge in [-0.3, -0.25) is 0 Å². The standard InChI is InChI=1S/C7H12N2O3S/c1-8-5-6-3-4-7(12-6)13(10,11)9-2/h3-4,8-9H,5H2,1-2H3. The van der Waals surface area contributed by atoms with E-state index in [4.69, 9.17) is 4.42 Å². The molecule has 2 N–H and O–H groups in total. The van der Waals surface area contributed by atoms with Gasteiger partial charge in [0.2, 0.25) is 5.09 Å². The minimum Gasteiger partial charge on any atom is -0.447 e. The predicted molar refractivity (Wildman–Crippen MR) is 47.7 cm³/mol. The Balaban J connectivity index is 2.92. The van der Waals surface area contributed by atoms with E-state index in [9.17, 15) is 8.42 Å². The largest absolute Gasteiger partial charge is 0.447 e. The number of furan rings is 1. The van der Waals surface area contributed by atoms with Crippen LogP contribution < -0.4 is 10.0 Å². The highest BCUT2D eigenvalue weighted by Crippen LogP contribution is 2.12. The molecule has 0 aliphatic rings. The summed E-state index contributed by atoms with van der Waals surface area (Å²) < 4.78 is 29.6. The van der Waals surface area contributed by atoms with E-state index >= 15 is 0 Å². The maximum atomic E-state index is 11.2. The van der Waals surface area contributed by atoms with Crippen LogP contribution in [0, 0.1) is 0 Å². The second-order valence-corrected chi connectivity index (χ2v) is 4.28. The molecular weight excluding hydrogens is 192 g/mol. The van der Waals surface area contributed by atoms with Gasteiger partial charge in [0.1, 0.15) is 5.76 Å². The van der Waals surface area contributed by atoms with E-state index in [0.717, 1.165) is 0 Å². The van der Waals surface area contributed by atoms with Crippen LogP contribution in [0.1, 0.15) is 5.76 Å². The third-order valence-electron chi connectivity index (χ3n) is 1.52. The molecule has 1 rings (SSSR count). The number of hydrogen-bond acceptors (Lipinski definition) is 4. The van der Waals surface area contributed by atoms with Crippen molar-refractivity contribution in [2.75, 3.05) is 14.1 Å². The van der Waals surface area contributed by atoms with E-state index in [1.54, 1.807) is 13.1 Å². The van der Waals surface area contributed by atoms with Crippen LogP contribution in [0.4, 0.5) is 0 Å². The van der Waals surface area contributed by atoms with Crippen molar-refractivity contribution in [2.45, 2.75) is 11.6 Å². The molecule has 0 radical (unpaired) electrons. The molecule has 0 spiro atoms. The van der Waals surface area contributed by atoms with Crippen LogP contribution in [0.25, 0.3) is 0 Å². The molecule has 6 heteroatoms. The molecule has 0 atom stereocenters. The van der Waals surface area contributed by atoms with E-state index in [0.29, 0.717) is 12.3 Å². The molecule has 0 saturated heterocycles. The lowest BCUT2D eigenvalue weighted by Crippen LogP contribution is -2.17. The topological polar surface area (TPSA) is 71.3 Å². The normalized spacial score (nSPS) is 11.8. The first-order chi connectivity index (χ1) is 6.10. The lowest BCUT2D eigenvalue weighted by atomic mass is 10.4. The van der Waals surface area contributed by atoms with Crippen LogP contribution in [0.2, 0.25) is 0 Å². The zero-order chi connectivity index (χ0) is 9.90. The summed E-state index contributed by atoms with van der Waals surface area (Å²) in [6, 6.07) is 3.05. The van der Waals surface area contributed by atoms with Gasteiger partial charge >= 0.3 is 0 Å². The molecule has 74 valence electrons. The second kappa shape index (κ2) is 3.91. The molecular formula is C7H12N2O3S. The van der Waals surface area contributed by atoms with Gasteiger partial charge in [0.05, 0.1) is 6.54 Å². The van der Waals surface area contributed by atoms with Crippen molar-refractivity contribution >= 4 is 10.0 Å². The fourth-order valence-corrected chi connectivity index (χ4v) is 1.54. The molecule has 0 bridgehead atoms. The molecule has 0 saturated carbocycles. The smallest absolute Gasteiger partial charge is 0.273 e. The van der Waals surface area contributed by atoms with Crippen LogP contribution in [0.15, 0.2) is 21.6 Å². The summed E-state index contributed by atoms with van der Waals surface area (Å²) in [5, 5.41) is 2.80. The van der Waals surface area contributed by atoms with E-state index in [2.05, 4.69) is 10.0 Å². The molecule has 0 unspecified atom stereocenters. The molecule has 0 aliphatic heterocycles. The fraction of sp³-hybridized carbons (Fsp3) is 0.429. The zero-order valence-electron chi connectivity index (χ0n) is 7.49. The van der Waals surface area contributed by atoms with Crippen LogP contribution >= 0.6 is 0 Å². The Kier molecular flexibility index (Phi) is 3.07. The third-order valence-corrected chi connectivity index (χ3v) is 2.81. The Morgan fingerprint density at radius 2 is 2.08 bits per heavy atom. The average Bonchev–Trinajstić information content (AvgIpc) is 2.54. The summed E-state index contributed by atoms with van der Waals surface area (Å²) in [5.41, 5.74) is 0. The van der Waals surface area contributed by atoms with Gasteiger partial charge in [-0.25, -0.2) is 13.1 Å². The average molecular weight is 204 g/mol. The fourth-order valence-electron chi connectivity index (χ4n) is 0.872. The van der Waals surface area contributed by atoms with Gasteiger partial charge in [0.25, 0.3) is 10.0 Å². The number of hydrogen-bond donors (Lipinski definition) is 2. The van der Waals surface area contributed by atoms with Crippen LogP contribution in [0.3, 0.4) is 0 Å². The lowest BCUT2D eigenvalue weighted by Gasteiger charge is -1.97. The molecule has 1 aromatic rings. The van der Waals surface area contributed by atoms with E-state index in [1.165, 1.54) is 13.1 Å². The van der Waals surface area contributed by atoms with Crippen molar-refractivity contribution in [3.8, 4) is 0 Å². The highest BCUT2D eigenvalue weighted by atomic mass is 32.2. The molecule has 1 aromatic heterocycles. The Bertz CT molecular complexity index is 369. The van der Waals surface area contributed by atoms with Crippen LogP contribution in [-0.4, -0.2) is 22.5 Å². The van der Waals surface area contributed by atoms with Crippen LogP contribution in [-0.2, 0) is 16.6 Å². The van der Waals surface area contributed by atoms with Gasteiger partial charge in [-0.15, -0.1) is 0 Å². The monoisotopic (exact) mass is 204 g/mol. The first-order valence-corrected chi connectivity index (χ1v) is 5.25. The van der Waals surface area contributed by atoms with E-state index in [1.807, 2.05) is 0 Å². The van der Waals surface area contributed by atoms with Gasteiger partial charge in [0, 0.05) is 0 Å². The zero-order valence-corrected chi connectivity index (χ0v) is 8.31. The second-order valence-electron chi connectivity index (χ2n) is 2.46. The lowest BCUT2D eigenvalue weighted by molar-refractivity contribution is 0.405. The third kappa shape index (κ3) is 2.30. The highest BCUT2D eigenvalue weighted by Gasteiger charge is 2.15. The maximum absolute atomic E-state index is 11.2. The predicted octanol–water partition coefficient (Wildman–Crippen LogP) is -0.0929. The van der Waals surface area contributed by atoms with Crippen molar-refractivity contribution in [3.63, 3.8) is 0 Å². The SMILES string of the molecule is CNCc1ccc(S(=O)(=O)NC)o1. The number of sulfonamides is 1. The quantitative estimate of drug-likeness (QED) is 0.719. The highest BCUT2D eigenvalue weighted by molar-refractivity contribution is 7.89. The van der Waals surface area contributed by atoms with Crippen molar-refractivity contribution < 1.29 is 12.8 Å². The molecule has 1 heterocycles. The molecule has 0 amide bonds. The molecule has 5 nitrogen and oxygen atoms in total. The van der Waals surface area contributed by atoms with Gasteiger partial charge in [-0.2, -0.15) is 0 Å². The van der Waals surface area contributed by atoms with Gasteiger partial charge in [-0.1, -0.05) is 0 Å². The van der Waals surface area contributed by atoms with Gasteiger partial charge in [-0.05, 0) is 26.2 Å². The first kappa shape index (κ1) is 10.2. The maximum Gasteiger partial charge on any atom is 0.273 e. The molecule has 13 heavy (non-hydrogen) atoms. The minimum atomic E-state index is -3.44. The summed E-state index contributed by atoms with van der Waals surface area (Å²) in [6.07, 6.45) is 0. The summed E-state index contributed by atoms with van der Waals surface area (Å²) in [5.74, 6) is 0.594. The van der Waals surface area contributed by atoms with Crippen molar-refractivity contribution in [2.24, 2.45) is 0 Å². The van der Waals surface area contributed by atoms with Crippen LogP contribution in [0.5, 0.6) is 0 Å². The molecule has 0 aliphatic carbocycles. The number of rotatable bonds is 4. The Morgan fingerprint density at radius 3 is 2.62 bits per heavy atom. The summed E-state index contributed by atoms with van der Waals surface area (Å²) in [4.78, 5) is 0. The summed E-state index contributed by atoms with van der Waals surface area (Å²) >= 11 is 0. The minimum absolute atomic E-state index is 0.0553. The van der Waals surface area contributed by atoms with Gasteiger partial charge < -0.3 is 9.73 Å². The van der Waals surface area contributed by atoms with Crippen molar-refractivity contribution in [1.29, 1.82) is 0 Å². The summed E-state index contributed by atoms with van der Waals surface area (Å²) in [6.45, 7) is 0.513.